The Kier molecular flexibility index (Phi) is 10.9. The predicted molar refractivity (Wildman–Crippen MR) is 73.0 cm³/mol. The molecule has 3 nitrogen and oxygen atoms in total. The van der Waals surface area contributed by atoms with Crippen molar-refractivity contribution in [1.82, 2.24) is 10.2 Å². The van der Waals surface area contributed by atoms with E-state index < -0.39 is 0 Å². The third-order valence-corrected chi connectivity index (χ3v) is 2.94. The highest BCUT2D eigenvalue weighted by Gasteiger charge is 1.97. The summed E-state index contributed by atoms with van der Waals surface area (Å²) in [6, 6.07) is 0. The third-order valence-electron chi connectivity index (χ3n) is 2.37. The summed E-state index contributed by atoms with van der Waals surface area (Å²) in [6.45, 7) is 6.46. The number of alkyl halides is 1. The maximum Gasteiger partial charge on any atom is 0.243 e. The largest absolute Gasteiger partial charge is 0.353 e. The Hall–Kier alpha value is -0.350. The fourth-order valence-corrected chi connectivity index (χ4v) is 1.66. The lowest BCUT2D eigenvalue weighted by atomic mass is 10.2. The highest BCUT2D eigenvalue weighted by atomic mass is 79.9. The summed E-state index contributed by atoms with van der Waals surface area (Å²) in [5.41, 5.74) is 0. The van der Waals surface area contributed by atoms with Crippen LogP contribution in [0.4, 0.5) is 0 Å². The van der Waals surface area contributed by atoms with E-state index in [9.17, 15) is 4.79 Å². The fourth-order valence-electron chi connectivity index (χ4n) is 1.41. The first-order chi connectivity index (χ1) is 7.70. The van der Waals surface area contributed by atoms with E-state index in [-0.39, 0.29) is 5.91 Å². The molecule has 94 valence electrons. The first-order valence-corrected chi connectivity index (χ1v) is 6.97. The van der Waals surface area contributed by atoms with E-state index >= 15 is 0 Å². The molecule has 1 N–H and O–H groups in total. The molecule has 16 heavy (non-hydrogen) atoms. The van der Waals surface area contributed by atoms with Gasteiger partial charge in [0.15, 0.2) is 0 Å². The fraction of sp³-hybridized carbons (Fsp3) is 0.750. The monoisotopic (exact) mass is 290 g/mol. The van der Waals surface area contributed by atoms with Gasteiger partial charge in [0.2, 0.25) is 5.91 Å². The lowest BCUT2D eigenvalue weighted by Crippen LogP contribution is -2.23. The number of rotatable bonds is 10. The zero-order valence-electron chi connectivity index (χ0n) is 10.2. The van der Waals surface area contributed by atoms with E-state index in [1.165, 1.54) is 18.9 Å². The Labute approximate surface area is 107 Å². The van der Waals surface area contributed by atoms with Crippen LogP contribution in [0.15, 0.2) is 12.7 Å². The van der Waals surface area contributed by atoms with Gasteiger partial charge < -0.3 is 10.2 Å². The maximum absolute atomic E-state index is 10.8. The van der Waals surface area contributed by atoms with Gasteiger partial charge in [-0.1, -0.05) is 28.9 Å². The van der Waals surface area contributed by atoms with Crippen LogP contribution in [-0.4, -0.2) is 42.8 Å². The SMILES string of the molecule is C=CC(=O)NCCCCCN(C)CCCBr. The molecule has 0 saturated carbocycles. The molecule has 0 fully saturated rings. The van der Waals surface area contributed by atoms with Crippen molar-refractivity contribution in [2.75, 3.05) is 32.0 Å². The smallest absolute Gasteiger partial charge is 0.243 e. The summed E-state index contributed by atoms with van der Waals surface area (Å²) >= 11 is 3.43. The molecule has 0 aliphatic heterocycles. The van der Waals surface area contributed by atoms with Crippen molar-refractivity contribution >= 4 is 21.8 Å². The lowest BCUT2D eigenvalue weighted by Gasteiger charge is -2.15. The van der Waals surface area contributed by atoms with Gasteiger partial charge in [0.05, 0.1) is 0 Å². The average molecular weight is 291 g/mol. The quantitative estimate of drug-likeness (QED) is 0.380. The molecule has 0 atom stereocenters. The van der Waals surface area contributed by atoms with E-state index in [1.54, 1.807) is 0 Å². The Morgan fingerprint density at radius 2 is 2.00 bits per heavy atom. The highest BCUT2D eigenvalue weighted by molar-refractivity contribution is 9.09. The number of hydrogen-bond acceptors (Lipinski definition) is 2. The molecular weight excluding hydrogens is 268 g/mol. The number of unbranched alkanes of at least 4 members (excludes halogenated alkanes) is 2. The zero-order chi connectivity index (χ0) is 12.2. The number of hydrogen-bond donors (Lipinski definition) is 1. The van der Waals surface area contributed by atoms with Crippen LogP contribution in [0.1, 0.15) is 25.7 Å². The molecule has 0 heterocycles. The lowest BCUT2D eigenvalue weighted by molar-refractivity contribution is -0.116. The Morgan fingerprint density at radius 1 is 1.31 bits per heavy atom. The summed E-state index contributed by atoms with van der Waals surface area (Å²) in [5.74, 6) is -0.0746. The van der Waals surface area contributed by atoms with Crippen molar-refractivity contribution in [3.8, 4) is 0 Å². The number of nitrogens with zero attached hydrogens (tertiary/aromatic N) is 1. The molecular formula is C12H23BrN2O. The Balaban J connectivity index is 3.20. The van der Waals surface area contributed by atoms with Crippen LogP contribution in [0.3, 0.4) is 0 Å². The highest BCUT2D eigenvalue weighted by Crippen LogP contribution is 1.98. The van der Waals surface area contributed by atoms with Crippen molar-refractivity contribution < 1.29 is 4.79 Å². The predicted octanol–water partition coefficient (Wildman–Crippen LogP) is 2.18. The van der Waals surface area contributed by atoms with E-state index in [1.807, 2.05) is 0 Å². The van der Waals surface area contributed by atoms with Gasteiger partial charge in [-0.25, -0.2) is 0 Å². The summed E-state index contributed by atoms with van der Waals surface area (Å²) < 4.78 is 0. The van der Waals surface area contributed by atoms with E-state index in [4.69, 9.17) is 0 Å². The standard InChI is InChI=1S/C12H23BrN2O/c1-3-12(16)14-9-5-4-6-10-15(2)11-7-8-13/h3H,1,4-11H2,2H3,(H,14,16). The first kappa shape index (κ1) is 15.7. The van der Waals surface area contributed by atoms with Crippen molar-refractivity contribution in [1.29, 1.82) is 0 Å². The minimum atomic E-state index is -0.0746. The molecule has 1 amide bonds. The second-order valence-electron chi connectivity index (χ2n) is 3.90. The molecule has 0 aromatic heterocycles. The second-order valence-corrected chi connectivity index (χ2v) is 4.69. The van der Waals surface area contributed by atoms with E-state index in [0.29, 0.717) is 0 Å². The number of amides is 1. The second kappa shape index (κ2) is 11.1. The van der Waals surface area contributed by atoms with Crippen molar-refractivity contribution in [2.24, 2.45) is 0 Å². The van der Waals surface area contributed by atoms with Gasteiger partial charge in [-0.05, 0) is 45.5 Å². The molecule has 4 heteroatoms. The van der Waals surface area contributed by atoms with Crippen LogP contribution in [-0.2, 0) is 4.79 Å². The van der Waals surface area contributed by atoms with Crippen molar-refractivity contribution in [2.45, 2.75) is 25.7 Å². The number of nitrogens with one attached hydrogen (secondary N) is 1. The van der Waals surface area contributed by atoms with Gasteiger partial charge in [0, 0.05) is 11.9 Å². The minimum Gasteiger partial charge on any atom is -0.353 e. The molecule has 0 aromatic carbocycles. The van der Waals surface area contributed by atoms with Crippen LogP contribution in [0.25, 0.3) is 0 Å². The summed E-state index contributed by atoms with van der Waals surface area (Å²) in [4.78, 5) is 13.2. The summed E-state index contributed by atoms with van der Waals surface area (Å²) in [7, 11) is 2.15. The van der Waals surface area contributed by atoms with Crippen molar-refractivity contribution in [3.63, 3.8) is 0 Å². The van der Waals surface area contributed by atoms with E-state index in [0.717, 1.165) is 37.8 Å². The average Bonchev–Trinajstić information content (AvgIpc) is 2.30. The molecule has 0 saturated heterocycles. The Morgan fingerprint density at radius 3 is 2.62 bits per heavy atom. The van der Waals surface area contributed by atoms with Crippen LogP contribution in [0.2, 0.25) is 0 Å². The molecule has 0 aromatic rings. The maximum atomic E-state index is 10.8. The molecule has 0 aliphatic rings. The number of carbonyl (C=O) groups is 1. The minimum absolute atomic E-state index is 0.0746. The van der Waals surface area contributed by atoms with Crippen LogP contribution in [0, 0.1) is 0 Å². The van der Waals surface area contributed by atoms with Crippen molar-refractivity contribution in [3.05, 3.63) is 12.7 Å². The molecule has 0 aliphatic carbocycles. The zero-order valence-corrected chi connectivity index (χ0v) is 11.8. The number of halogens is 1. The summed E-state index contributed by atoms with van der Waals surface area (Å²) in [5, 5.41) is 3.85. The number of carbonyl (C=O) groups excluding carboxylic acids is 1. The topological polar surface area (TPSA) is 32.3 Å². The molecule has 0 rings (SSSR count). The van der Waals surface area contributed by atoms with Gasteiger partial charge in [0.1, 0.15) is 0 Å². The summed E-state index contributed by atoms with van der Waals surface area (Å²) in [6.07, 6.45) is 5.92. The molecule has 0 radical (unpaired) electrons. The van der Waals surface area contributed by atoms with E-state index in [2.05, 4.69) is 39.8 Å². The first-order valence-electron chi connectivity index (χ1n) is 5.85. The molecule has 0 unspecified atom stereocenters. The van der Waals surface area contributed by atoms with Gasteiger partial charge in [-0.3, -0.25) is 4.79 Å². The Bertz CT molecular complexity index is 197. The van der Waals surface area contributed by atoms with Crippen LogP contribution >= 0.6 is 15.9 Å². The van der Waals surface area contributed by atoms with Crippen LogP contribution < -0.4 is 5.32 Å². The third kappa shape index (κ3) is 10.2. The van der Waals surface area contributed by atoms with Gasteiger partial charge in [-0.2, -0.15) is 0 Å². The van der Waals surface area contributed by atoms with Gasteiger partial charge in [-0.15, -0.1) is 0 Å². The molecule has 0 spiro atoms. The normalized spacial score (nSPS) is 10.4. The molecule has 0 bridgehead atoms. The van der Waals surface area contributed by atoms with Gasteiger partial charge >= 0.3 is 0 Å². The van der Waals surface area contributed by atoms with Gasteiger partial charge in [0.25, 0.3) is 0 Å². The van der Waals surface area contributed by atoms with Crippen LogP contribution in [0.5, 0.6) is 0 Å².